The second-order valence-electron chi connectivity index (χ2n) is 4.88. The number of hydrogen-bond donors (Lipinski definition) is 1. The summed E-state index contributed by atoms with van der Waals surface area (Å²) in [6, 6.07) is 1.50. The molecule has 1 aromatic heterocycles. The predicted octanol–water partition coefficient (Wildman–Crippen LogP) is 1.78. The van der Waals surface area contributed by atoms with Gasteiger partial charge in [-0.25, -0.2) is 4.98 Å². The molecule has 3 heterocycles. The van der Waals surface area contributed by atoms with Crippen molar-refractivity contribution in [2.45, 2.75) is 44.8 Å². The van der Waals surface area contributed by atoms with Crippen LogP contribution in [0, 0.1) is 6.92 Å². The quantitative estimate of drug-likeness (QED) is 0.868. The molecule has 16 heavy (non-hydrogen) atoms. The molecule has 0 spiro atoms. The van der Waals surface area contributed by atoms with Gasteiger partial charge >= 0.3 is 0 Å². The van der Waals surface area contributed by atoms with Gasteiger partial charge in [0.1, 0.15) is 0 Å². The smallest absolute Gasteiger partial charge is 0.0897 e. The van der Waals surface area contributed by atoms with E-state index in [1.807, 2.05) is 0 Å². The van der Waals surface area contributed by atoms with E-state index in [1.165, 1.54) is 43.1 Å². The summed E-state index contributed by atoms with van der Waals surface area (Å²) in [5.74, 6) is 0. The van der Waals surface area contributed by atoms with Gasteiger partial charge in [0.25, 0.3) is 0 Å². The normalized spacial score (nSPS) is 29.8. The lowest BCUT2D eigenvalue weighted by atomic mass is 10.1. The molecule has 0 bridgehead atoms. The molecule has 88 valence electrons. The van der Waals surface area contributed by atoms with Crippen molar-refractivity contribution in [2.24, 2.45) is 0 Å². The summed E-state index contributed by atoms with van der Waals surface area (Å²) >= 11 is 1.74. The molecule has 2 aliphatic rings. The molecule has 2 atom stereocenters. The van der Waals surface area contributed by atoms with E-state index in [1.54, 1.807) is 11.3 Å². The summed E-state index contributed by atoms with van der Waals surface area (Å²) < 4.78 is 0. The minimum atomic E-state index is 0.699. The van der Waals surface area contributed by atoms with Crippen molar-refractivity contribution in [1.29, 1.82) is 0 Å². The first-order chi connectivity index (χ1) is 7.83. The van der Waals surface area contributed by atoms with Gasteiger partial charge < -0.3 is 5.32 Å². The summed E-state index contributed by atoms with van der Waals surface area (Å²) in [6.07, 6.45) is 4.08. The van der Waals surface area contributed by atoms with Crippen molar-refractivity contribution in [2.75, 3.05) is 13.1 Å². The Morgan fingerprint density at radius 2 is 2.44 bits per heavy atom. The zero-order valence-corrected chi connectivity index (χ0v) is 10.6. The maximum Gasteiger partial charge on any atom is 0.0897 e. The molecular weight excluding hydrogens is 218 g/mol. The van der Waals surface area contributed by atoms with E-state index in [0.29, 0.717) is 6.04 Å². The maximum absolute atomic E-state index is 4.50. The van der Waals surface area contributed by atoms with Gasteiger partial charge in [-0.05, 0) is 32.7 Å². The Labute approximate surface area is 101 Å². The molecule has 2 fully saturated rings. The highest BCUT2D eigenvalue weighted by Crippen LogP contribution is 2.28. The van der Waals surface area contributed by atoms with Crippen LogP contribution < -0.4 is 5.32 Å². The standard InChI is InChI=1S/C12H19N3S/c1-9-14-10(8-16-9)7-13-11-4-6-15-5-2-3-12(11)15/h8,11-13H,2-7H2,1H3. The number of fused-ring (bicyclic) bond motifs is 1. The van der Waals surface area contributed by atoms with E-state index >= 15 is 0 Å². The molecule has 2 unspecified atom stereocenters. The second-order valence-corrected chi connectivity index (χ2v) is 5.94. The number of nitrogens with zero attached hydrogens (tertiary/aromatic N) is 2. The van der Waals surface area contributed by atoms with Crippen LogP contribution in [0.2, 0.25) is 0 Å². The van der Waals surface area contributed by atoms with Gasteiger partial charge in [-0.2, -0.15) is 0 Å². The van der Waals surface area contributed by atoms with Crippen LogP contribution >= 0.6 is 11.3 Å². The lowest BCUT2D eigenvalue weighted by molar-refractivity contribution is 0.298. The van der Waals surface area contributed by atoms with Gasteiger partial charge in [-0.3, -0.25) is 4.90 Å². The number of thiazole rings is 1. The minimum absolute atomic E-state index is 0.699. The van der Waals surface area contributed by atoms with E-state index in [4.69, 9.17) is 0 Å². The summed E-state index contributed by atoms with van der Waals surface area (Å²) in [4.78, 5) is 7.14. The molecule has 2 aliphatic heterocycles. The van der Waals surface area contributed by atoms with Crippen LogP contribution in [0.3, 0.4) is 0 Å². The average Bonchev–Trinajstić information content (AvgIpc) is 2.91. The van der Waals surface area contributed by atoms with E-state index in [0.717, 1.165) is 12.6 Å². The molecule has 3 rings (SSSR count). The van der Waals surface area contributed by atoms with Crippen LogP contribution in [-0.4, -0.2) is 35.1 Å². The second kappa shape index (κ2) is 4.43. The summed E-state index contributed by atoms with van der Waals surface area (Å²) in [5.41, 5.74) is 1.21. The Balaban J connectivity index is 1.55. The molecule has 3 nitrogen and oxygen atoms in total. The fourth-order valence-electron chi connectivity index (χ4n) is 3.05. The minimum Gasteiger partial charge on any atom is -0.307 e. The Kier molecular flexibility index (Phi) is 2.96. The first kappa shape index (κ1) is 10.7. The molecule has 0 aliphatic carbocycles. The Morgan fingerprint density at radius 1 is 1.50 bits per heavy atom. The topological polar surface area (TPSA) is 28.2 Å². The van der Waals surface area contributed by atoms with E-state index in [-0.39, 0.29) is 0 Å². The van der Waals surface area contributed by atoms with Crippen molar-refractivity contribution in [3.8, 4) is 0 Å². The first-order valence-corrected chi connectivity index (χ1v) is 7.09. The molecule has 1 aromatic rings. The largest absolute Gasteiger partial charge is 0.307 e. The third kappa shape index (κ3) is 2.01. The van der Waals surface area contributed by atoms with E-state index in [9.17, 15) is 0 Å². The molecule has 2 saturated heterocycles. The van der Waals surface area contributed by atoms with Crippen molar-refractivity contribution in [1.82, 2.24) is 15.2 Å². The summed E-state index contributed by atoms with van der Waals surface area (Å²) in [5, 5.41) is 7.03. The van der Waals surface area contributed by atoms with Crippen molar-refractivity contribution >= 4 is 11.3 Å². The number of aryl methyl sites for hydroxylation is 1. The van der Waals surface area contributed by atoms with Crippen LogP contribution in [0.15, 0.2) is 5.38 Å². The van der Waals surface area contributed by atoms with Crippen molar-refractivity contribution in [3.63, 3.8) is 0 Å². The summed E-state index contributed by atoms with van der Waals surface area (Å²) in [7, 11) is 0. The van der Waals surface area contributed by atoms with E-state index in [2.05, 4.69) is 27.5 Å². The molecule has 0 saturated carbocycles. The van der Waals surface area contributed by atoms with Crippen molar-refractivity contribution in [3.05, 3.63) is 16.1 Å². The Bertz CT molecular complexity index is 363. The molecular formula is C12H19N3S. The van der Waals surface area contributed by atoms with Crippen LogP contribution in [0.25, 0.3) is 0 Å². The first-order valence-electron chi connectivity index (χ1n) is 6.21. The lowest BCUT2D eigenvalue weighted by Crippen LogP contribution is -2.38. The molecule has 0 radical (unpaired) electrons. The highest BCUT2D eigenvalue weighted by Gasteiger charge is 2.36. The average molecular weight is 237 g/mol. The molecule has 0 amide bonds. The fraction of sp³-hybridized carbons (Fsp3) is 0.750. The third-order valence-electron chi connectivity index (χ3n) is 3.82. The predicted molar refractivity (Wildman–Crippen MR) is 66.7 cm³/mol. The monoisotopic (exact) mass is 237 g/mol. The van der Waals surface area contributed by atoms with Gasteiger partial charge in [-0.15, -0.1) is 11.3 Å². The highest BCUT2D eigenvalue weighted by molar-refractivity contribution is 7.09. The van der Waals surface area contributed by atoms with Crippen LogP contribution in [0.4, 0.5) is 0 Å². The summed E-state index contributed by atoms with van der Waals surface area (Å²) in [6.45, 7) is 5.62. The number of hydrogen-bond acceptors (Lipinski definition) is 4. The Morgan fingerprint density at radius 3 is 3.25 bits per heavy atom. The van der Waals surface area contributed by atoms with E-state index < -0.39 is 0 Å². The van der Waals surface area contributed by atoms with Crippen LogP contribution in [0.1, 0.15) is 30.0 Å². The fourth-order valence-corrected chi connectivity index (χ4v) is 3.66. The zero-order chi connectivity index (χ0) is 11.0. The maximum atomic E-state index is 4.50. The van der Waals surface area contributed by atoms with Gasteiger partial charge in [-0.1, -0.05) is 0 Å². The Hall–Kier alpha value is -0.450. The lowest BCUT2D eigenvalue weighted by Gasteiger charge is -2.20. The number of rotatable bonds is 3. The molecule has 0 aromatic carbocycles. The molecule has 1 N–H and O–H groups in total. The van der Waals surface area contributed by atoms with Crippen LogP contribution in [0.5, 0.6) is 0 Å². The van der Waals surface area contributed by atoms with Crippen LogP contribution in [-0.2, 0) is 6.54 Å². The molecule has 4 heteroatoms. The third-order valence-corrected chi connectivity index (χ3v) is 4.64. The van der Waals surface area contributed by atoms with Gasteiger partial charge in [0, 0.05) is 30.6 Å². The number of aromatic nitrogens is 1. The number of nitrogens with one attached hydrogen (secondary N) is 1. The van der Waals surface area contributed by atoms with Gasteiger partial charge in [0.2, 0.25) is 0 Å². The SMILES string of the molecule is Cc1nc(CNC2CCN3CCCC23)cs1. The van der Waals surface area contributed by atoms with Gasteiger partial charge in [0.15, 0.2) is 0 Å². The van der Waals surface area contributed by atoms with Gasteiger partial charge in [0.05, 0.1) is 10.7 Å². The zero-order valence-electron chi connectivity index (χ0n) is 9.78. The van der Waals surface area contributed by atoms with Crippen molar-refractivity contribution < 1.29 is 0 Å². The highest BCUT2D eigenvalue weighted by atomic mass is 32.1.